The number of ether oxygens (including phenoxy) is 1. The van der Waals surface area contributed by atoms with Crippen LogP contribution in [0, 0.1) is 5.92 Å². The Labute approximate surface area is 127 Å². The summed E-state index contributed by atoms with van der Waals surface area (Å²) in [6.45, 7) is 2.46. The Morgan fingerprint density at radius 3 is 2.68 bits per heavy atom. The van der Waals surface area contributed by atoms with Gasteiger partial charge in [0, 0.05) is 4.47 Å². The summed E-state index contributed by atoms with van der Waals surface area (Å²) in [5, 5.41) is 5.50. The largest absolute Gasteiger partial charge is 0.492 e. The molecular formula is C12H17BrClNO3S. The molecule has 2 N–H and O–H groups in total. The number of halogens is 2. The fourth-order valence-corrected chi connectivity index (χ4v) is 2.93. The zero-order valence-corrected chi connectivity index (χ0v) is 13.8. The monoisotopic (exact) mass is 369 g/mol. The van der Waals surface area contributed by atoms with Crippen LogP contribution in [0.2, 0.25) is 5.02 Å². The highest BCUT2D eigenvalue weighted by molar-refractivity contribution is 9.10. The maximum Gasteiger partial charge on any atom is 0.209 e. The zero-order chi connectivity index (χ0) is 14.5. The first-order valence-corrected chi connectivity index (χ1v) is 8.75. The van der Waals surface area contributed by atoms with Crippen molar-refractivity contribution in [3.63, 3.8) is 0 Å². The Bertz CT molecular complexity index is 522. The van der Waals surface area contributed by atoms with Crippen molar-refractivity contribution in [3.05, 3.63) is 27.7 Å². The van der Waals surface area contributed by atoms with Crippen LogP contribution in [0.5, 0.6) is 5.75 Å². The first-order valence-electron chi connectivity index (χ1n) is 5.86. The molecule has 0 saturated heterocycles. The van der Waals surface area contributed by atoms with Gasteiger partial charge in [0.25, 0.3) is 0 Å². The van der Waals surface area contributed by atoms with Crippen LogP contribution >= 0.6 is 27.5 Å². The van der Waals surface area contributed by atoms with Crippen LogP contribution in [-0.2, 0) is 10.0 Å². The fraction of sp³-hybridized carbons (Fsp3) is 0.500. The number of benzene rings is 1. The normalized spacial score (nSPS) is 13.3. The average Bonchev–Trinajstić information content (AvgIpc) is 2.28. The summed E-state index contributed by atoms with van der Waals surface area (Å²) in [5.74, 6) is 0.865. The molecule has 1 atom stereocenters. The SMILES string of the molecule is CC(CCOc1ccc(Br)cc1Cl)CCS(N)(=O)=O. The average molecular weight is 371 g/mol. The van der Waals surface area contributed by atoms with Gasteiger partial charge in [0.2, 0.25) is 10.0 Å². The van der Waals surface area contributed by atoms with E-state index in [1.165, 1.54) is 0 Å². The third-order valence-corrected chi connectivity index (χ3v) is 4.25. The molecule has 0 saturated carbocycles. The minimum atomic E-state index is -3.38. The molecule has 0 fully saturated rings. The van der Waals surface area contributed by atoms with Crippen molar-refractivity contribution < 1.29 is 13.2 Å². The van der Waals surface area contributed by atoms with Crippen molar-refractivity contribution in [1.82, 2.24) is 0 Å². The van der Waals surface area contributed by atoms with Gasteiger partial charge in [0.05, 0.1) is 17.4 Å². The lowest BCUT2D eigenvalue weighted by Crippen LogP contribution is -2.18. The lowest BCUT2D eigenvalue weighted by molar-refractivity contribution is 0.282. The third kappa shape index (κ3) is 7.15. The molecule has 108 valence electrons. The van der Waals surface area contributed by atoms with Gasteiger partial charge in [-0.25, -0.2) is 13.6 Å². The van der Waals surface area contributed by atoms with Gasteiger partial charge in [-0.05, 0) is 37.0 Å². The van der Waals surface area contributed by atoms with Gasteiger partial charge in [0.1, 0.15) is 5.75 Å². The number of rotatable bonds is 7. The predicted molar refractivity (Wildman–Crippen MR) is 81.0 cm³/mol. The van der Waals surface area contributed by atoms with Crippen LogP contribution in [0.4, 0.5) is 0 Å². The first-order chi connectivity index (χ1) is 8.78. The highest BCUT2D eigenvalue weighted by Gasteiger charge is 2.09. The van der Waals surface area contributed by atoms with Gasteiger partial charge >= 0.3 is 0 Å². The van der Waals surface area contributed by atoms with E-state index < -0.39 is 10.0 Å². The standard InChI is InChI=1S/C12H17BrClNO3S/c1-9(5-7-19(15,16)17)4-6-18-12-3-2-10(13)8-11(12)14/h2-3,8-9H,4-7H2,1H3,(H2,15,16,17). The fourth-order valence-electron chi connectivity index (χ4n) is 1.47. The lowest BCUT2D eigenvalue weighted by Gasteiger charge is -2.12. The Morgan fingerprint density at radius 1 is 1.42 bits per heavy atom. The lowest BCUT2D eigenvalue weighted by atomic mass is 10.1. The van der Waals surface area contributed by atoms with E-state index >= 15 is 0 Å². The molecular weight excluding hydrogens is 354 g/mol. The molecule has 0 aromatic heterocycles. The molecule has 19 heavy (non-hydrogen) atoms. The molecule has 0 heterocycles. The molecule has 0 bridgehead atoms. The zero-order valence-electron chi connectivity index (χ0n) is 10.6. The van der Waals surface area contributed by atoms with Crippen LogP contribution in [0.25, 0.3) is 0 Å². The molecule has 0 amide bonds. The van der Waals surface area contributed by atoms with Gasteiger partial charge in [-0.1, -0.05) is 34.5 Å². The topological polar surface area (TPSA) is 69.4 Å². The van der Waals surface area contributed by atoms with Gasteiger partial charge < -0.3 is 4.74 Å². The second-order valence-electron chi connectivity index (χ2n) is 4.47. The van der Waals surface area contributed by atoms with Crippen LogP contribution in [-0.4, -0.2) is 20.8 Å². The van der Waals surface area contributed by atoms with Crippen LogP contribution in [0.3, 0.4) is 0 Å². The summed E-state index contributed by atoms with van der Waals surface area (Å²) < 4.78 is 28.1. The van der Waals surface area contributed by atoms with Crippen molar-refractivity contribution in [2.24, 2.45) is 11.1 Å². The van der Waals surface area contributed by atoms with Crippen molar-refractivity contribution in [2.45, 2.75) is 19.8 Å². The van der Waals surface area contributed by atoms with E-state index in [0.29, 0.717) is 23.8 Å². The molecule has 1 rings (SSSR count). The maximum atomic E-state index is 10.8. The van der Waals surface area contributed by atoms with Crippen molar-refractivity contribution in [2.75, 3.05) is 12.4 Å². The van der Waals surface area contributed by atoms with Crippen LogP contribution in [0.15, 0.2) is 22.7 Å². The van der Waals surface area contributed by atoms with E-state index in [1.54, 1.807) is 12.1 Å². The number of primary sulfonamides is 1. The summed E-state index contributed by atoms with van der Waals surface area (Å²) in [4.78, 5) is 0. The summed E-state index contributed by atoms with van der Waals surface area (Å²) in [6, 6.07) is 5.41. The second kappa shape index (κ2) is 7.47. The molecule has 4 nitrogen and oxygen atoms in total. The Morgan fingerprint density at radius 2 is 2.11 bits per heavy atom. The van der Waals surface area contributed by atoms with Gasteiger partial charge in [-0.2, -0.15) is 0 Å². The van der Waals surface area contributed by atoms with Crippen molar-refractivity contribution in [3.8, 4) is 5.75 Å². The molecule has 1 aromatic rings. The number of hydrogen-bond donors (Lipinski definition) is 1. The summed E-state index contributed by atoms with van der Waals surface area (Å²) >= 11 is 9.33. The molecule has 0 aliphatic carbocycles. The number of nitrogens with two attached hydrogens (primary N) is 1. The summed E-state index contributed by atoms with van der Waals surface area (Å²) in [7, 11) is -3.38. The summed E-state index contributed by atoms with van der Waals surface area (Å²) in [6.07, 6.45) is 1.29. The second-order valence-corrected chi connectivity index (χ2v) is 7.53. The Hall–Kier alpha value is -0.300. The number of hydrogen-bond acceptors (Lipinski definition) is 3. The molecule has 7 heteroatoms. The van der Waals surface area contributed by atoms with E-state index in [4.69, 9.17) is 21.5 Å². The van der Waals surface area contributed by atoms with Crippen molar-refractivity contribution >= 4 is 37.6 Å². The third-order valence-electron chi connectivity index (χ3n) is 2.66. The molecule has 0 radical (unpaired) electrons. The van der Waals surface area contributed by atoms with E-state index in [-0.39, 0.29) is 11.7 Å². The van der Waals surface area contributed by atoms with Gasteiger partial charge in [-0.15, -0.1) is 0 Å². The minimum absolute atomic E-state index is 0.00715. The van der Waals surface area contributed by atoms with Crippen LogP contribution < -0.4 is 9.88 Å². The Kier molecular flexibility index (Phi) is 6.59. The number of sulfonamides is 1. The van der Waals surface area contributed by atoms with E-state index in [9.17, 15) is 8.42 Å². The highest BCUT2D eigenvalue weighted by Crippen LogP contribution is 2.28. The molecule has 0 spiro atoms. The van der Waals surface area contributed by atoms with E-state index in [1.807, 2.05) is 13.0 Å². The predicted octanol–water partition coefficient (Wildman–Crippen LogP) is 3.19. The van der Waals surface area contributed by atoms with Gasteiger partial charge in [0.15, 0.2) is 0 Å². The molecule has 1 unspecified atom stereocenters. The minimum Gasteiger partial charge on any atom is -0.492 e. The van der Waals surface area contributed by atoms with Crippen molar-refractivity contribution in [1.29, 1.82) is 0 Å². The van der Waals surface area contributed by atoms with Gasteiger partial charge in [-0.3, -0.25) is 0 Å². The smallest absolute Gasteiger partial charge is 0.209 e. The molecule has 0 aliphatic rings. The van der Waals surface area contributed by atoms with E-state index in [0.717, 1.165) is 10.9 Å². The summed E-state index contributed by atoms with van der Waals surface area (Å²) in [5.41, 5.74) is 0. The molecule has 0 aliphatic heterocycles. The quantitative estimate of drug-likeness (QED) is 0.801. The maximum absolute atomic E-state index is 10.8. The van der Waals surface area contributed by atoms with Crippen LogP contribution in [0.1, 0.15) is 19.8 Å². The molecule has 1 aromatic carbocycles. The highest BCUT2D eigenvalue weighted by atomic mass is 79.9. The first kappa shape index (κ1) is 16.8. The van der Waals surface area contributed by atoms with E-state index in [2.05, 4.69) is 15.9 Å². The Balaban J connectivity index is 2.33.